The predicted octanol–water partition coefficient (Wildman–Crippen LogP) is 3.79. The van der Waals surface area contributed by atoms with Gasteiger partial charge in [-0.05, 0) is 67.5 Å². The molecule has 0 heterocycles. The molecule has 2 aromatic carbocycles. The van der Waals surface area contributed by atoms with Gasteiger partial charge in [0.1, 0.15) is 5.82 Å². The molecule has 1 nitrogen and oxygen atoms in total. The number of hydrogen-bond acceptors (Lipinski definition) is 1. The molecular weight excluding hydrogens is 249 g/mol. The molecule has 3 rings (SSSR count). The zero-order valence-corrected chi connectivity index (χ0v) is 12.0. The van der Waals surface area contributed by atoms with Crippen LogP contribution in [-0.4, -0.2) is 0 Å². The fourth-order valence-corrected chi connectivity index (χ4v) is 3.26. The Morgan fingerprint density at radius 2 is 1.95 bits per heavy atom. The van der Waals surface area contributed by atoms with Crippen LogP contribution < -0.4 is 5.73 Å². The standard InChI is InChI=1S/C18H20FN/c1-12-3-4-13(2)15(9-12)11-18(20)8-7-14-10-16(19)5-6-17(14)18/h3-6,9-10H,7-8,11,20H2,1-2H3. The van der Waals surface area contributed by atoms with Crippen molar-refractivity contribution in [1.82, 2.24) is 0 Å². The molecule has 0 radical (unpaired) electrons. The highest BCUT2D eigenvalue weighted by atomic mass is 19.1. The molecular formula is C18H20FN. The highest BCUT2D eigenvalue weighted by Crippen LogP contribution is 2.38. The first-order valence-electron chi connectivity index (χ1n) is 7.12. The molecule has 0 saturated heterocycles. The lowest BCUT2D eigenvalue weighted by atomic mass is 9.84. The van der Waals surface area contributed by atoms with Crippen molar-refractivity contribution in [3.8, 4) is 0 Å². The van der Waals surface area contributed by atoms with E-state index in [0.717, 1.165) is 30.4 Å². The van der Waals surface area contributed by atoms with Gasteiger partial charge in [0.15, 0.2) is 0 Å². The number of aryl methyl sites for hydroxylation is 3. The van der Waals surface area contributed by atoms with Crippen LogP contribution in [0.3, 0.4) is 0 Å². The van der Waals surface area contributed by atoms with E-state index in [2.05, 4.69) is 32.0 Å². The summed E-state index contributed by atoms with van der Waals surface area (Å²) in [7, 11) is 0. The molecule has 0 saturated carbocycles. The van der Waals surface area contributed by atoms with Gasteiger partial charge in [-0.25, -0.2) is 4.39 Å². The molecule has 20 heavy (non-hydrogen) atoms. The maximum atomic E-state index is 13.3. The summed E-state index contributed by atoms with van der Waals surface area (Å²) in [6, 6.07) is 11.5. The molecule has 0 bridgehead atoms. The van der Waals surface area contributed by atoms with Gasteiger partial charge in [-0.1, -0.05) is 29.8 Å². The summed E-state index contributed by atoms with van der Waals surface area (Å²) in [4.78, 5) is 0. The fraction of sp³-hybridized carbons (Fsp3) is 0.333. The Bertz CT molecular complexity index is 662. The Morgan fingerprint density at radius 3 is 2.75 bits per heavy atom. The predicted molar refractivity (Wildman–Crippen MR) is 80.2 cm³/mol. The molecule has 1 unspecified atom stereocenters. The maximum Gasteiger partial charge on any atom is 0.123 e. The summed E-state index contributed by atoms with van der Waals surface area (Å²) < 4.78 is 13.3. The highest BCUT2D eigenvalue weighted by Gasteiger charge is 2.35. The maximum absolute atomic E-state index is 13.3. The summed E-state index contributed by atoms with van der Waals surface area (Å²) >= 11 is 0. The molecule has 0 fully saturated rings. The second-order valence-electron chi connectivity index (χ2n) is 6.06. The minimum Gasteiger partial charge on any atom is -0.321 e. The van der Waals surface area contributed by atoms with Gasteiger partial charge in [-0.3, -0.25) is 0 Å². The summed E-state index contributed by atoms with van der Waals surface area (Å²) in [6.45, 7) is 4.22. The second kappa shape index (κ2) is 4.71. The molecule has 2 heteroatoms. The Hall–Kier alpha value is -1.67. The van der Waals surface area contributed by atoms with Gasteiger partial charge in [0.25, 0.3) is 0 Å². The monoisotopic (exact) mass is 269 g/mol. The van der Waals surface area contributed by atoms with E-state index in [9.17, 15) is 4.39 Å². The summed E-state index contributed by atoms with van der Waals surface area (Å²) in [5.41, 5.74) is 12.3. The van der Waals surface area contributed by atoms with Gasteiger partial charge in [0.2, 0.25) is 0 Å². The molecule has 1 aliphatic rings. The number of rotatable bonds is 2. The number of benzene rings is 2. The van der Waals surface area contributed by atoms with E-state index in [-0.39, 0.29) is 11.4 Å². The topological polar surface area (TPSA) is 26.0 Å². The first-order valence-corrected chi connectivity index (χ1v) is 7.12. The Morgan fingerprint density at radius 1 is 1.15 bits per heavy atom. The third kappa shape index (κ3) is 2.25. The number of hydrogen-bond donors (Lipinski definition) is 1. The van der Waals surface area contributed by atoms with Crippen LogP contribution >= 0.6 is 0 Å². The highest BCUT2D eigenvalue weighted by molar-refractivity contribution is 5.42. The summed E-state index contributed by atoms with van der Waals surface area (Å²) in [6.07, 6.45) is 2.58. The fourth-order valence-electron chi connectivity index (χ4n) is 3.26. The van der Waals surface area contributed by atoms with E-state index < -0.39 is 0 Å². The van der Waals surface area contributed by atoms with E-state index in [4.69, 9.17) is 5.73 Å². The normalized spacial score (nSPS) is 21.0. The number of fused-ring (bicyclic) bond motifs is 1. The average Bonchev–Trinajstić information content (AvgIpc) is 2.71. The van der Waals surface area contributed by atoms with Crippen LogP contribution in [0.15, 0.2) is 36.4 Å². The number of halogens is 1. The molecule has 0 spiro atoms. The molecule has 2 aromatic rings. The minimum absolute atomic E-state index is 0.167. The summed E-state index contributed by atoms with van der Waals surface area (Å²) in [5, 5.41) is 0. The van der Waals surface area contributed by atoms with Gasteiger partial charge in [0.05, 0.1) is 0 Å². The van der Waals surface area contributed by atoms with E-state index in [1.165, 1.54) is 22.8 Å². The van der Waals surface area contributed by atoms with Crippen LogP contribution in [0.4, 0.5) is 4.39 Å². The lowest BCUT2D eigenvalue weighted by Crippen LogP contribution is -2.36. The van der Waals surface area contributed by atoms with Crippen molar-refractivity contribution in [2.24, 2.45) is 5.73 Å². The second-order valence-corrected chi connectivity index (χ2v) is 6.06. The van der Waals surface area contributed by atoms with Crippen molar-refractivity contribution in [2.75, 3.05) is 0 Å². The van der Waals surface area contributed by atoms with Crippen LogP contribution in [0.5, 0.6) is 0 Å². The van der Waals surface area contributed by atoms with Crippen LogP contribution in [0.25, 0.3) is 0 Å². The van der Waals surface area contributed by atoms with E-state index in [1.54, 1.807) is 6.07 Å². The van der Waals surface area contributed by atoms with Crippen molar-refractivity contribution in [2.45, 2.75) is 38.6 Å². The molecule has 2 N–H and O–H groups in total. The quantitative estimate of drug-likeness (QED) is 0.882. The van der Waals surface area contributed by atoms with Gasteiger partial charge >= 0.3 is 0 Å². The van der Waals surface area contributed by atoms with E-state index in [0.29, 0.717) is 0 Å². The van der Waals surface area contributed by atoms with Crippen LogP contribution in [-0.2, 0) is 18.4 Å². The molecule has 0 aromatic heterocycles. The van der Waals surface area contributed by atoms with E-state index in [1.807, 2.05) is 6.07 Å². The van der Waals surface area contributed by atoms with E-state index >= 15 is 0 Å². The lowest BCUT2D eigenvalue weighted by molar-refractivity contribution is 0.438. The number of nitrogens with two attached hydrogens (primary N) is 1. The van der Waals surface area contributed by atoms with Crippen molar-refractivity contribution in [1.29, 1.82) is 0 Å². The Balaban J connectivity index is 1.98. The van der Waals surface area contributed by atoms with Gasteiger partial charge < -0.3 is 5.73 Å². The van der Waals surface area contributed by atoms with Gasteiger partial charge in [0, 0.05) is 5.54 Å². The Labute approximate surface area is 119 Å². The van der Waals surface area contributed by atoms with Crippen molar-refractivity contribution in [3.63, 3.8) is 0 Å². The zero-order valence-electron chi connectivity index (χ0n) is 12.0. The third-order valence-corrected chi connectivity index (χ3v) is 4.45. The molecule has 1 atom stereocenters. The average molecular weight is 269 g/mol. The van der Waals surface area contributed by atoms with Crippen LogP contribution in [0.2, 0.25) is 0 Å². The minimum atomic E-state index is -0.360. The largest absolute Gasteiger partial charge is 0.321 e. The van der Waals surface area contributed by atoms with Crippen molar-refractivity contribution in [3.05, 3.63) is 70.0 Å². The lowest BCUT2D eigenvalue weighted by Gasteiger charge is -2.26. The Kier molecular flexibility index (Phi) is 3.14. The molecule has 1 aliphatic carbocycles. The van der Waals surface area contributed by atoms with Crippen LogP contribution in [0.1, 0.15) is 34.2 Å². The molecule has 104 valence electrons. The third-order valence-electron chi connectivity index (χ3n) is 4.45. The molecule has 0 aliphatic heterocycles. The zero-order chi connectivity index (χ0) is 14.3. The van der Waals surface area contributed by atoms with Crippen molar-refractivity contribution < 1.29 is 4.39 Å². The van der Waals surface area contributed by atoms with Crippen LogP contribution in [0, 0.1) is 19.7 Å². The summed E-state index contributed by atoms with van der Waals surface area (Å²) in [5.74, 6) is -0.167. The van der Waals surface area contributed by atoms with Gasteiger partial charge in [-0.15, -0.1) is 0 Å². The molecule has 0 amide bonds. The SMILES string of the molecule is Cc1ccc(C)c(CC2(N)CCc3cc(F)ccc32)c1. The van der Waals surface area contributed by atoms with Gasteiger partial charge in [-0.2, -0.15) is 0 Å². The van der Waals surface area contributed by atoms with Crippen molar-refractivity contribution >= 4 is 0 Å². The smallest absolute Gasteiger partial charge is 0.123 e. The first kappa shape index (κ1) is 13.3. The first-order chi connectivity index (χ1) is 9.48.